The maximum Gasteiger partial charge on any atom is 2.00 e. The van der Waals surface area contributed by atoms with E-state index in [9.17, 15) is 52.7 Å². The normalized spacial score (nSPS) is 10.6. The average molecular weight is 1960 g/mol. The number of nitrogens with zero attached hydrogens (tertiary/aromatic N) is 8. The Hall–Kier alpha value is -13.2. The summed E-state index contributed by atoms with van der Waals surface area (Å²) in [6.45, 7) is 0. The summed E-state index contributed by atoms with van der Waals surface area (Å²) in [5, 5.41) is 0. The summed E-state index contributed by atoms with van der Waals surface area (Å²) in [5.74, 6) is 0. The fraction of sp³-hybridized carbons (Fsp3) is 0.0435. The van der Waals surface area contributed by atoms with Crippen LogP contribution in [0, 0.1) is 0 Å². The molecule has 0 saturated heterocycles. The third kappa shape index (κ3) is 44.5. The molecule has 0 fully saturated rings. The molecule has 8 aromatic heterocycles. The van der Waals surface area contributed by atoms with Gasteiger partial charge < -0.3 is 18.2 Å². The SMILES string of the molecule is O=S(=O)([O-])C(F)(F)F.O=S(=O)([O-])C(F)(F)F.O=S(=O)([O-])C(F)(F)F.O=S(=O)([O-])C(F)(F)F.[Cu+2].[Cu+2].c1ccc(-c2ccncc2)cc1.c1ccc(-c2ccncc2)cc1.c1ccc(-c2ccncc2)cc1.c1ccc(-c2ccncc2)cc1.c1ccc(-c2ccncc2)cc1.c1ccc(-c2ccncc2)cc1.c1ccc(-c2ccncc2)cc1.c1ccc(-c2ccncc2)cc1. The van der Waals surface area contributed by atoms with Crippen molar-refractivity contribution in [2.75, 3.05) is 0 Å². The van der Waals surface area contributed by atoms with Crippen molar-refractivity contribution in [3.8, 4) is 89.0 Å². The molecule has 0 saturated carbocycles. The zero-order chi connectivity index (χ0) is 93.8. The molecule has 8 aromatic carbocycles. The number of benzene rings is 8. The topological polar surface area (TPSA) is 332 Å². The molecule has 0 N–H and O–H groups in total. The molecule has 0 atom stereocenters. The number of halogens is 12. The molecule has 0 unspecified atom stereocenters. The third-order valence-electron chi connectivity index (χ3n) is 15.4. The van der Waals surface area contributed by atoms with Gasteiger partial charge in [0.2, 0.25) is 0 Å². The molecule has 0 bridgehead atoms. The maximum atomic E-state index is 10.7. The Balaban J connectivity index is 0.000000367. The number of hydrogen-bond donors (Lipinski definition) is 0. The Bertz CT molecular complexity index is 4820. The van der Waals surface area contributed by atoms with Gasteiger partial charge >= 0.3 is 56.2 Å². The second-order valence-corrected chi connectivity index (χ2v) is 29.9. The van der Waals surface area contributed by atoms with E-state index in [0.29, 0.717) is 0 Å². The standard InChI is InChI=1S/8C11H9N.4CHF3O3S.2Cu/c8*1-2-4-10(5-3-1)11-6-8-12-9-7-11;4*2-1(3,4)8(5,6)7;;/h8*1-9H;4*(H,5,6,7);;/q;;;;;;;;;;;;2*+2/p-4. The zero-order valence-corrected chi connectivity index (χ0v) is 72.0. The number of alkyl halides is 12. The van der Waals surface area contributed by atoms with Crippen LogP contribution < -0.4 is 0 Å². The van der Waals surface area contributed by atoms with Gasteiger partial charge in [0.25, 0.3) is 0 Å². The van der Waals surface area contributed by atoms with Crippen LogP contribution in [-0.4, -0.2) is 114 Å². The predicted molar refractivity (Wildman–Crippen MR) is 460 cm³/mol. The molecule has 130 heavy (non-hydrogen) atoms. The molecular formula is C92H72Cu2F12N8O12S4. The van der Waals surface area contributed by atoms with Crippen molar-refractivity contribution in [2.24, 2.45) is 0 Å². The summed E-state index contributed by atoms with van der Waals surface area (Å²) in [6.07, 6.45) is 28.9. The fourth-order valence-corrected chi connectivity index (χ4v) is 9.40. The second kappa shape index (κ2) is 57.6. The van der Waals surface area contributed by atoms with Crippen LogP contribution >= 0.6 is 0 Å². The zero-order valence-electron chi connectivity index (χ0n) is 66.8. The minimum atomic E-state index is -6.09. The van der Waals surface area contributed by atoms with Crippen LogP contribution in [0.4, 0.5) is 52.7 Å². The largest absolute Gasteiger partial charge is 2.00 e. The van der Waals surface area contributed by atoms with E-state index in [1.807, 2.05) is 342 Å². The second-order valence-electron chi connectivity index (χ2n) is 24.4. The summed E-state index contributed by atoms with van der Waals surface area (Å²) in [6, 6.07) is 114. The summed E-state index contributed by atoms with van der Waals surface area (Å²) in [7, 11) is -24.4. The van der Waals surface area contributed by atoms with Gasteiger partial charge in [-0.25, -0.2) is 33.7 Å². The summed E-state index contributed by atoms with van der Waals surface area (Å²) < 4.78 is 236. The summed E-state index contributed by atoms with van der Waals surface area (Å²) >= 11 is 0. The molecule has 2 radical (unpaired) electrons. The maximum absolute atomic E-state index is 10.7. The number of hydrogen-bond acceptors (Lipinski definition) is 20. The van der Waals surface area contributed by atoms with Gasteiger partial charge in [-0.3, -0.25) is 39.9 Å². The summed E-state index contributed by atoms with van der Waals surface area (Å²) in [5.41, 5.74) is -2.99. The first-order valence-corrected chi connectivity index (χ1v) is 42.1. The molecular weight excluding hydrogens is 1890 g/mol. The molecule has 0 spiro atoms. The van der Waals surface area contributed by atoms with Crippen molar-refractivity contribution in [1.29, 1.82) is 0 Å². The quantitative estimate of drug-likeness (QED) is 0.0590. The van der Waals surface area contributed by atoms with Crippen LogP contribution in [0.5, 0.6) is 0 Å². The number of aromatic nitrogens is 8. The molecule has 682 valence electrons. The van der Waals surface area contributed by atoms with E-state index in [1.54, 1.807) is 0 Å². The Morgan fingerprint density at radius 3 is 0.269 bits per heavy atom. The fourth-order valence-electron chi connectivity index (χ4n) is 9.40. The molecule has 38 heteroatoms. The third-order valence-corrected chi connectivity index (χ3v) is 17.7. The van der Waals surface area contributed by atoms with E-state index in [-0.39, 0.29) is 34.1 Å². The van der Waals surface area contributed by atoms with Crippen molar-refractivity contribution < 1.29 is 139 Å². The molecule has 0 aliphatic heterocycles. The molecule has 0 aliphatic rings. The Morgan fingerprint density at radius 2 is 0.208 bits per heavy atom. The van der Waals surface area contributed by atoms with E-state index in [1.165, 1.54) is 89.0 Å². The van der Waals surface area contributed by atoms with Gasteiger partial charge in [-0.05, 0) is 186 Å². The van der Waals surface area contributed by atoms with Gasteiger partial charge in [0.05, 0.1) is 0 Å². The Labute approximate surface area is 763 Å². The molecule has 16 rings (SSSR count). The van der Waals surface area contributed by atoms with Crippen molar-refractivity contribution in [3.63, 3.8) is 0 Å². The van der Waals surface area contributed by atoms with Crippen LogP contribution in [0.15, 0.2) is 439 Å². The monoisotopic (exact) mass is 1960 g/mol. The molecule has 20 nitrogen and oxygen atoms in total. The van der Waals surface area contributed by atoms with Gasteiger partial charge in [-0.15, -0.1) is 0 Å². The van der Waals surface area contributed by atoms with Gasteiger partial charge in [0, 0.05) is 99.1 Å². The van der Waals surface area contributed by atoms with Gasteiger partial charge in [0.15, 0.2) is 40.5 Å². The van der Waals surface area contributed by atoms with E-state index in [2.05, 4.69) is 137 Å². The van der Waals surface area contributed by atoms with Gasteiger partial charge in [-0.2, -0.15) is 52.7 Å². The van der Waals surface area contributed by atoms with E-state index < -0.39 is 62.5 Å². The first-order valence-electron chi connectivity index (χ1n) is 36.5. The first kappa shape index (κ1) is 111. The first-order chi connectivity index (χ1) is 60.7. The van der Waals surface area contributed by atoms with Crippen LogP contribution in [0.3, 0.4) is 0 Å². The van der Waals surface area contributed by atoms with E-state index >= 15 is 0 Å². The average Bonchev–Trinajstić information content (AvgIpc) is 0.867. The summed E-state index contributed by atoms with van der Waals surface area (Å²) in [4.78, 5) is 31.8. The van der Waals surface area contributed by atoms with Gasteiger partial charge in [0.1, 0.15) is 0 Å². The minimum absolute atomic E-state index is 0. The van der Waals surface area contributed by atoms with E-state index in [0.717, 1.165) is 0 Å². The van der Waals surface area contributed by atoms with Crippen molar-refractivity contribution >= 4 is 40.5 Å². The van der Waals surface area contributed by atoms with Crippen LogP contribution in [0.2, 0.25) is 0 Å². The molecule has 0 aliphatic carbocycles. The smallest absolute Gasteiger partial charge is 0.741 e. The van der Waals surface area contributed by atoms with Crippen LogP contribution in [-0.2, 0) is 74.6 Å². The Morgan fingerprint density at radius 1 is 0.146 bits per heavy atom. The predicted octanol–water partition coefficient (Wildman–Crippen LogP) is 22.2. The van der Waals surface area contributed by atoms with Crippen molar-refractivity contribution in [2.45, 2.75) is 22.0 Å². The van der Waals surface area contributed by atoms with E-state index in [4.69, 9.17) is 51.9 Å². The van der Waals surface area contributed by atoms with Crippen molar-refractivity contribution in [3.05, 3.63) is 439 Å². The van der Waals surface area contributed by atoms with Crippen LogP contribution in [0.25, 0.3) is 89.0 Å². The van der Waals surface area contributed by atoms with Crippen LogP contribution in [0.1, 0.15) is 0 Å². The molecule has 16 aromatic rings. The van der Waals surface area contributed by atoms with Crippen molar-refractivity contribution in [1.82, 2.24) is 39.9 Å². The number of rotatable bonds is 8. The Kier molecular flexibility index (Phi) is 49.2. The molecule has 8 heterocycles. The minimum Gasteiger partial charge on any atom is -0.741 e. The number of pyridine rings is 8. The molecule has 0 amide bonds. The van der Waals surface area contributed by atoms with Gasteiger partial charge in [-0.1, -0.05) is 243 Å².